The second kappa shape index (κ2) is 18.9. The van der Waals surface area contributed by atoms with Crippen LogP contribution in [0.1, 0.15) is 73.3 Å². The van der Waals surface area contributed by atoms with Crippen molar-refractivity contribution in [1.82, 2.24) is 0 Å². The van der Waals surface area contributed by atoms with Gasteiger partial charge in [0.1, 0.15) is 11.9 Å². The molecule has 5 nitrogen and oxygen atoms in total. The van der Waals surface area contributed by atoms with Crippen molar-refractivity contribution in [3.8, 4) is 5.75 Å². The third-order valence-electron chi connectivity index (χ3n) is 10.9. The Hall–Kier alpha value is -1.35. The first-order valence-electron chi connectivity index (χ1n) is 19.8. The molecule has 300 valence electrons. The standard InChI is InChI=1S/C44H70O5S2Si3/c1-42(2,3)53(12,13)48-39(29-30-47-54(43(4,5)6,37-21-16-14-17-22-37)38-23-18-15-19-24-38)41(46-34-35-25-27-36(45-8)28-26-35)44(7,49-52(9,10)11)33-40-50-31-20-32-51-40/h14-19,21-28,39-41H,20,29-34H2,1-13H3/t39-,41-,44+/m0/s1. The Kier molecular flexibility index (Phi) is 15.9. The van der Waals surface area contributed by atoms with E-state index in [2.05, 4.69) is 178 Å². The SMILES string of the molecule is COc1ccc(CO[C@@H]([C@H](CCO[Si](c2ccccc2)(c2ccccc2)C(C)(C)C)O[Si](C)(C)C(C)(C)C)[C@@](C)(CC2SCCCS2)O[Si](C)(C)C)cc1. The quantitative estimate of drug-likeness (QED) is 0.118. The van der Waals surface area contributed by atoms with Gasteiger partial charge in [0.05, 0.1) is 30.0 Å². The first kappa shape index (κ1) is 45.4. The van der Waals surface area contributed by atoms with Crippen molar-refractivity contribution in [2.24, 2.45) is 0 Å². The van der Waals surface area contributed by atoms with Crippen molar-refractivity contribution >= 4 is 58.8 Å². The fourth-order valence-corrected chi connectivity index (χ4v) is 18.1. The van der Waals surface area contributed by atoms with E-state index >= 15 is 0 Å². The zero-order valence-corrected chi connectivity index (χ0v) is 40.3. The summed E-state index contributed by atoms with van der Waals surface area (Å²) >= 11 is 4.16. The Morgan fingerprint density at radius 1 is 0.722 bits per heavy atom. The molecule has 0 aromatic heterocycles. The number of methoxy groups -OCH3 is 1. The van der Waals surface area contributed by atoms with Gasteiger partial charge in [0.2, 0.25) is 0 Å². The zero-order chi connectivity index (χ0) is 39.8. The lowest BCUT2D eigenvalue weighted by molar-refractivity contribution is -0.145. The van der Waals surface area contributed by atoms with Crippen molar-refractivity contribution in [3.63, 3.8) is 0 Å². The van der Waals surface area contributed by atoms with Crippen LogP contribution < -0.4 is 15.1 Å². The van der Waals surface area contributed by atoms with Crippen LogP contribution in [-0.2, 0) is 24.6 Å². The molecule has 0 amide bonds. The summed E-state index contributed by atoms with van der Waals surface area (Å²) in [5.41, 5.74) is 0.524. The fourth-order valence-electron chi connectivity index (χ4n) is 7.40. The number of hydrogen-bond donors (Lipinski definition) is 0. The molecule has 0 bridgehead atoms. The van der Waals surface area contributed by atoms with Gasteiger partial charge < -0.3 is 22.8 Å². The van der Waals surface area contributed by atoms with E-state index in [0.717, 1.165) is 17.7 Å². The molecule has 0 N–H and O–H groups in total. The first-order chi connectivity index (χ1) is 25.2. The Balaban J connectivity index is 1.83. The molecule has 4 rings (SSSR count). The molecule has 1 fully saturated rings. The highest BCUT2D eigenvalue weighted by Crippen LogP contribution is 2.45. The maximum Gasteiger partial charge on any atom is 0.261 e. The summed E-state index contributed by atoms with van der Waals surface area (Å²) in [7, 11) is -5.42. The van der Waals surface area contributed by atoms with Gasteiger partial charge in [0.15, 0.2) is 16.6 Å². The van der Waals surface area contributed by atoms with E-state index in [1.807, 2.05) is 12.1 Å². The van der Waals surface area contributed by atoms with Crippen molar-refractivity contribution in [2.45, 2.75) is 140 Å². The van der Waals surface area contributed by atoms with Crippen LogP contribution in [0.3, 0.4) is 0 Å². The number of benzene rings is 3. The number of hydrogen-bond acceptors (Lipinski definition) is 7. The second-order valence-corrected chi connectivity index (χ2v) is 35.0. The van der Waals surface area contributed by atoms with E-state index in [4.69, 9.17) is 22.8 Å². The third kappa shape index (κ3) is 11.8. The molecule has 10 heteroatoms. The third-order valence-corrected chi connectivity index (χ3v) is 24.5. The van der Waals surface area contributed by atoms with Gasteiger partial charge in [0.25, 0.3) is 8.32 Å². The summed E-state index contributed by atoms with van der Waals surface area (Å²) < 4.78 is 35.8. The predicted octanol–water partition coefficient (Wildman–Crippen LogP) is 11.1. The van der Waals surface area contributed by atoms with Crippen LogP contribution in [0.5, 0.6) is 5.75 Å². The highest BCUT2D eigenvalue weighted by atomic mass is 32.2. The molecule has 0 saturated carbocycles. The van der Waals surface area contributed by atoms with E-state index in [-0.39, 0.29) is 22.3 Å². The van der Waals surface area contributed by atoms with Crippen LogP contribution in [0.2, 0.25) is 42.8 Å². The van der Waals surface area contributed by atoms with Gasteiger partial charge >= 0.3 is 0 Å². The van der Waals surface area contributed by atoms with E-state index in [0.29, 0.717) is 24.2 Å². The molecule has 0 spiro atoms. The van der Waals surface area contributed by atoms with E-state index in [1.54, 1.807) is 7.11 Å². The van der Waals surface area contributed by atoms with Crippen LogP contribution in [0.25, 0.3) is 0 Å². The number of ether oxygens (including phenoxy) is 2. The highest BCUT2D eigenvalue weighted by Gasteiger charge is 2.52. The van der Waals surface area contributed by atoms with Gasteiger partial charge in [-0.2, -0.15) is 0 Å². The molecule has 54 heavy (non-hydrogen) atoms. The van der Waals surface area contributed by atoms with E-state index in [9.17, 15) is 0 Å². The van der Waals surface area contributed by atoms with E-state index in [1.165, 1.54) is 28.3 Å². The molecule has 1 saturated heterocycles. The molecule has 0 aliphatic carbocycles. The Morgan fingerprint density at radius 3 is 1.72 bits per heavy atom. The van der Waals surface area contributed by atoms with E-state index < -0.39 is 30.6 Å². The first-order valence-corrected chi connectivity index (χ1v) is 30.1. The maximum absolute atomic E-state index is 7.60. The summed E-state index contributed by atoms with van der Waals surface area (Å²) in [4.78, 5) is 0. The van der Waals surface area contributed by atoms with Crippen LogP contribution in [0.15, 0.2) is 84.9 Å². The van der Waals surface area contributed by atoms with Gasteiger partial charge in [-0.3, -0.25) is 0 Å². The van der Waals surface area contributed by atoms with Gasteiger partial charge in [0, 0.05) is 6.61 Å². The monoisotopic (exact) mass is 826 g/mol. The molecule has 3 aromatic rings. The molecule has 3 atom stereocenters. The van der Waals surface area contributed by atoms with Crippen molar-refractivity contribution < 1.29 is 22.8 Å². The van der Waals surface area contributed by atoms with Gasteiger partial charge in [-0.15, -0.1) is 23.5 Å². The molecule has 0 unspecified atom stereocenters. The molecule has 3 aromatic carbocycles. The lowest BCUT2D eigenvalue weighted by Gasteiger charge is -2.49. The van der Waals surface area contributed by atoms with Crippen molar-refractivity contribution in [3.05, 3.63) is 90.5 Å². The average molecular weight is 827 g/mol. The average Bonchev–Trinajstić information content (AvgIpc) is 3.09. The van der Waals surface area contributed by atoms with Crippen LogP contribution in [0.4, 0.5) is 0 Å². The molecular weight excluding hydrogens is 757 g/mol. The van der Waals surface area contributed by atoms with Crippen LogP contribution in [0, 0.1) is 0 Å². The summed E-state index contributed by atoms with van der Waals surface area (Å²) in [6.07, 6.45) is 2.27. The summed E-state index contributed by atoms with van der Waals surface area (Å²) in [6.45, 7) is 29.0. The molecule has 0 radical (unpaired) electrons. The van der Waals surface area contributed by atoms with Gasteiger partial charge in [-0.1, -0.05) is 114 Å². The molecule has 1 aliphatic heterocycles. The molecule has 1 heterocycles. The predicted molar refractivity (Wildman–Crippen MR) is 243 cm³/mol. The van der Waals surface area contributed by atoms with Crippen LogP contribution in [-0.4, -0.2) is 72.6 Å². The smallest absolute Gasteiger partial charge is 0.261 e. The molecular formula is C44H70O5S2Si3. The minimum absolute atomic E-state index is 0.00967. The van der Waals surface area contributed by atoms with Gasteiger partial charge in [-0.05, 0) is 109 Å². The highest BCUT2D eigenvalue weighted by molar-refractivity contribution is 8.17. The lowest BCUT2D eigenvalue weighted by atomic mass is 9.90. The van der Waals surface area contributed by atoms with Crippen molar-refractivity contribution in [1.29, 1.82) is 0 Å². The van der Waals surface area contributed by atoms with Crippen molar-refractivity contribution in [2.75, 3.05) is 25.2 Å². The Labute approximate surface area is 340 Å². The fraction of sp³-hybridized carbons (Fsp3) is 0.591. The van der Waals surface area contributed by atoms with Gasteiger partial charge in [-0.25, -0.2) is 0 Å². The second-order valence-electron chi connectivity index (χ2n) is 18.6. The summed E-state index contributed by atoms with van der Waals surface area (Å²) in [6, 6.07) is 30.2. The number of thioether (sulfide) groups is 2. The normalized spacial score (nSPS) is 17.5. The Bertz CT molecular complexity index is 1510. The maximum atomic E-state index is 7.60. The topological polar surface area (TPSA) is 46.2 Å². The largest absolute Gasteiger partial charge is 0.497 e. The van der Waals surface area contributed by atoms with Crippen LogP contribution >= 0.6 is 23.5 Å². The molecule has 1 aliphatic rings. The minimum atomic E-state index is -2.77. The minimum Gasteiger partial charge on any atom is -0.497 e. The Morgan fingerprint density at radius 2 is 1.26 bits per heavy atom. The summed E-state index contributed by atoms with van der Waals surface area (Å²) in [5, 5.41) is 2.46. The number of rotatable bonds is 18. The summed E-state index contributed by atoms with van der Waals surface area (Å²) in [5.74, 6) is 3.22. The lowest BCUT2D eigenvalue weighted by Crippen LogP contribution is -2.67. The zero-order valence-electron chi connectivity index (χ0n) is 35.6.